The molecule has 0 aliphatic rings. The van der Waals surface area contributed by atoms with E-state index in [0.717, 1.165) is 35.1 Å². The number of nitrogens with one attached hydrogen (secondary N) is 1. The molecule has 1 N–H and O–H groups in total. The fourth-order valence-electron chi connectivity index (χ4n) is 2.71. The van der Waals surface area contributed by atoms with Crippen molar-refractivity contribution in [2.24, 2.45) is 7.05 Å². The highest BCUT2D eigenvalue weighted by Gasteiger charge is 2.11. The monoisotopic (exact) mass is 396 g/mol. The number of thioether (sulfide) groups is 1. The average Bonchev–Trinajstić information content (AvgIpc) is 3.09. The molecule has 3 aromatic rings. The fraction of sp³-hybridized carbons (Fsp3) is 0.286. The van der Waals surface area contributed by atoms with Crippen molar-refractivity contribution in [2.45, 2.75) is 24.5 Å². The maximum atomic E-state index is 12.1. The number of rotatable bonds is 9. The molecule has 6 nitrogen and oxygen atoms in total. The van der Waals surface area contributed by atoms with Gasteiger partial charge in [-0.05, 0) is 29.7 Å². The summed E-state index contributed by atoms with van der Waals surface area (Å²) in [6.07, 6.45) is 1.73. The van der Waals surface area contributed by atoms with Crippen LogP contribution in [0.2, 0.25) is 0 Å². The zero-order chi connectivity index (χ0) is 19.8. The Balaban J connectivity index is 1.44. The van der Waals surface area contributed by atoms with E-state index >= 15 is 0 Å². The molecule has 0 aliphatic carbocycles. The van der Waals surface area contributed by atoms with Crippen LogP contribution in [0.25, 0.3) is 0 Å². The van der Waals surface area contributed by atoms with Crippen molar-refractivity contribution in [3.63, 3.8) is 0 Å². The minimum absolute atomic E-state index is 0.0327. The molecule has 0 saturated carbocycles. The van der Waals surface area contributed by atoms with E-state index in [2.05, 4.69) is 27.6 Å². The van der Waals surface area contributed by atoms with Crippen molar-refractivity contribution in [3.05, 3.63) is 71.5 Å². The van der Waals surface area contributed by atoms with Gasteiger partial charge >= 0.3 is 0 Å². The smallest absolute Gasteiger partial charge is 0.230 e. The van der Waals surface area contributed by atoms with Gasteiger partial charge in [-0.25, -0.2) is 0 Å². The van der Waals surface area contributed by atoms with E-state index in [1.807, 2.05) is 54.1 Å². The lowest BCUT2D eigenvalue weighted by atomic mass is 10.1. The van der Waals surface area contributed by atoms with Crippen molar-refractivity contribution < 1.29 is 9.53 Å². The van der Waals surface area contributed by atoms with E-state index in [9.17, 15) is 4.79 Å². The highest BCUT2D eigenvalue weighted by Crippen LogP contribution is 2.17. The maximum Gasteiger partial charge on any atom is 0.230 e. The van der Waals surface area contributed by atoms with Gasteiger partial charge in [0.15, 0.2) is 5.16 Å². The Bertz CT molecular complexity index is 895. The molecule has 7 heteroatoms. The Labute approximate surface area is 169 Å². The van der Waals surface area contributed by atoms with Crippen LogP contribution in [0.1, 0.15) is 17.0 Å². The number of nitrogens with zero attached hydrogens (tertiary/aromatic N) is 3. The van der Waals surface area contributed by atoms with E-state index in [4.69, 9.17) is 4.74 Å². The largest absolute Gasteiger partial charge is 0.497 e. The molecule has 0 saturated heterocycles. The van der Waals surface area contributed by atoms with Gasteiger partial charge in [0, 0.05) is 20.0 Å². The summed E-state index contributed by atoms with van der Waals surface area (Å²) in [5, 5.41) is 12.2. The van der Waals surface area contributed by atoms with Crippen molar-refractivity contribution in [2.75, 3.05) is 12.9 Å². The van der Waals surface area contributed by atoms with Gasteiger partial charge in [0.25, 0.3) is 0 Å². The third kappa shape index (κ3) is 5.60. The third-order valence-electron chi connectivity index (χ3n) is 4.39. The lowest BCUT2D eigenvalue weighted by molar-refractivity contribution is -0.118. The summed E-state index contributed by atoms with van der Waals surface area (Å²) < 4.78 is 7.09. The molecule has 28 heavy (non-hydrogen) atoms. The number of ether oxygens (including phenoxy) is 1. The van der Waals surface area contributed by atoms with Crippen LogP contribution in [0.4, 0.5) is 0 Å². The van der Waals surface area contributed by atoms with E-state index in [1.54, 1.807) is 7.11 Å². The highest BCUT2D eigenvalue weighted by atomic mass is 32.2. The number of carbonyl (C=O) groups excluding carboxylic acids is 1. The van der Waals surface area contributed by atoms with Crippen LogP contribution in [0.5, 0.6) is 5.75 Å². The molecule has 1 aromatic heterocycles. The first kappa shape index (κ1) is 19.9. The molecule has 0 atom stereocenters. The van der Waals surface area contributed by atoms with Crippen molar-refractivity contribution in [1.82, 2.24) is 20.1 Å². The van der Waals surface area contributed by atoms with Crippen LogP contribution in [0.3, 0.4) is 0 Å². The summed E-state index contributed by atoms with van der Waals surface area (Å²) in [5.41, 5.74) is 2.30. The summed E-state index contributed by atoms with van der Waals surface area (Å²) in [5.74, 6) is 2.00. The molecule has 146 valence electrons. The van der Waals surface area contributed by atoms with Gasteiger partial charge in [-0.2, -0.15) is 0 Å². The van der Waals surface area contributed by atoms with Gasteiger partial charge in [-0.3, -0.25) is 4.79 Å². The highest BCUT2D eigenvalue weighted by molar-refractivity contribution is 7.99. The summed E-state index contributed by atoms with van der Waals surface area (Å²) >= 11 is 1.40. The van der Waals surface area contributed by atoms with Gasteiger partial charge in [0.05, 0.1) is 12.9 Å². The summed E-state index contributed by atoms with van der Waals surface area (Å²) in [6, 6.07) is 18.0. The quantitative estimate of drug-likeness (QED) is 0.563. The normalized spacial score (nSPS) is 10.6. The first-order valence-electron chi connectivity index (χ1n) is 9.10. The number of hydrogen-bond acceptors (Lipinski definition) is 5. The van der Waals surface area contributed by atoms with Crippen molar-refractivity contribution in [3.8, 4) is 5.75 Å². The van der Waals surface area contributed by atoms with E-state index < -0.39 is 0 Å². The molecule has 0 spiro atoms. The van der Waals surface area contributed by atoms with Gasteiger partial charge in [-0.1, -0.05) is 54.2 Å². The van der Waals surface area contributed by atoms with Gasteiger partial charge in [0.2, 0.25) is 5.91 Å². The van der Waals surface area contributed by atoms with Crippen LogP contribution >= 0.6 is 11.8 Å². The van der Waals surface area contributed by atoms with Crippen LogP contribution in [0, 0.1) is 0 Å². The number of aromatic nitrogens is 3. The Hall–Kier alpha value is -2.80. The minimum Gasteiger partial charge on any atom is -0.497 e. The molecular weight excluding hydrogens is 372 g/mol. The molecule has 2 aromatic carbocycles. The molecule has 0 bridgehead atoms. The van der Waals surface area contributed by atoms with Crippen LogP contribution < -0.4 is 10.1 Å². The Morgan fingerprint density at radius 1 is 1.04 bits per heavy atom. The fourth-order valence-corrected chi connectivity index (χ4v) is 3.47. The van der Waals surface area contributed by atoms with Gasteiger partial charge < -0.3 is 14.6 Å². The standard InChI is InChI=1S/C21H24N4O2S/c1-25-19(13-10-16-6-4-3-5-7-16)23-24-21(25)28-15-20(26)22-14-17-8-11-18(27-2)12-9-17/h3-9,11-12H,10,13-15H2,1-2H3,(H,22,26). The lowest BCUT2D eigenvalue weighted by Crippen LogP contribution is -2.24. The number of amides is 1. The maximum absolute atomic E-state index is 12.1. The molecule has 3 rings (SSSR count). The average molecular weight is 397 g/mol. The molecule has 0 fully saturated rings. The molecule has 0 unspecified atom stereocenters. The molecule has 0 aliphatic heterocycles. The number of carbonyl (C=O) groups is 1. The topological polar surface area (TPSA) is 69.0 Å². The first-order chi connectivity index (χ1) is 13.7. The molecule has 1 amide bonds. The second-order valence-corrected chi connectivity index (χ2v) is 7.30. The van der Waals surface area contributed by atoms with Crippen LogP contribution in [-0.2, 0) is 31.2 Å². The first-order valence-corrected chi connectivity index (χ1v) is 10.1. The summed E-state index contributed by atoms with van der Waals surface area (Å²) in [4.78, 5) is 12.1. The second kappa shape index (κ2) is 9.94. The van der Waals surface area contributed by atoms with Gasteiger partial charge in [0.1, 0.15) is 11.6 Å². The number of methoxy groups -OCH3 is 1. The second-order valence-electron chi connectivity index (χ2n) is 6.36. The lowest BCUT2D eigenvalue weighted by Gasteiger charge is -2.07. The Morgan fingerprint density at radius 2 is 1.79 bits per heavy atom. The van der Waals surface area contributed by atoms with Gasteiger partial charge in [-0.15, -0.1) is 10.2 Å². The number of benzene rings is 2. The van der Waals surface area contributed by atoms with E-state index in [1.165, 1.54) is 17.3 Å². The van der Waals surface area contributed by atoms with E-state index in [-0.39, 0.29) is 5.91 Å². The number of aryl methyl sites for hydroxylation is 2. The zero-order valence-corrected chi connectivity index (χ0v) is 16.9. The molecule has 1 heterocycles. The van der Waals surface area contributed by atoms with Crippen LogP contribution in [-0.4, -0.2) is 33.5 Å². The molecular formula is C21H24N4O2S. The minimum atomic E-state index is -0.0327. The third-order valence-corrected chi connectivity index (χ3v) is 5.41. The molecule has 0 radical (unpaired) electrons. The summed E-state index contributed by atoms with van der Waals surface area (Å²) in [6.45, 7) is 0.491. The Morgan fingerprint density at radius 3 is 2.50 bits per heavy atom. The zero-order valence-electron chi connectivity index (χ0n) is 16.1. The van der Waals surface area contributed by atoms with Crippen molar-refractivity contribution >= 4 is 17.7 Å². The SMILES string of the molecule is COc1ccc(CNC(=O)CSc2nnc(CCc3ccccc3)n2C)cc1. The summed E-state index contributed by atoms with van der Waals surface area (Å²) in [7, 11) is 3.57. The van der Waals surface area contributed by atoms with Crippen LogP contribution in [0.15, 0.2) is 59.8 Å². The van der Waals surface area contributed by atoms with Crippen molar-refractivity contribution in [1.29, 1.82) is 0 Å². The Kier molecular flexibility index (Phi) is 7.08. The van der Waals surface area contributed by atoms with E-state index in [0.29, 0.717) is 12.3 Å². The number of hydrogen-bond donors (Lipinski definition) is 1. The predicted octanol–water partition coefficient (Wildman–Crippen LogP) is 3.02. The predicted molar refractivity (Wildman–Crippen MR) is 110 cm³/mol.